The maximum atomic E-state index is 13.2. The minimum absolute atomic E-state index is 0.174. The molecule has 2 aromatic rings. The van der Waals surface area contributed by atoms with Crippen molar-refractivity contribution in [2.45, 2.75) is 19.8 Å². The minimum atomic E-state index is -1.01. The second-order valence-corrected chi connectivity index (χ2v) is 5.44. The third kappa shape index (κ3) is 3.44. The Hall–Kier alpha value is -2.57. The zero-order valence-corrected chi connectivity index (χ0v) is 12.6. The van der Waals surface area contributed by atoms with E-state index in [0.717, 1.165) is 38.1 Å². The van der Waals surface area contributed by atoms with E-state index in [-0.39, 0.29) is 11.4 Å². The van der Waals surface area contributed by atoms with E-state index < -0.39 is 17.5 Å². The van der Waals surface area contributed by atoms with Gasteiger partial charge in [-0.2, -0.15) is 0 Å². The number of amides is 1. The normalized spacial score (nSPS) is 14.1. The third-order valence-electron chi connectivity index (χ3n) is 3.66. The van der Waals surface area contributed by atoms with Crippen LogP contribution < -0.4 is 10.2 Å². The quantitative estimate of drug-likeness (QED) is 0.945. The molecular weight excluding hydrogens is 302 g/mol. The maximum Gasteiger partial charge on any atom is 0.274 e. The second kappa shape index (κ2) is 6.28. The zero-order valence-electron chi connectivity index (χ0n) is 12.6. The highest BCUT2D eigenvalue weighted by Gasteiger charge is 2.18. The second-order valence-electron chi connectivity index (χ2n) is 5.44. The van der Waals surface area contributed by atoms with Crippen molar-refractivity contribution < 1.29 is 13.6 Å². The average molecular weight is 318 g/mol. The van der Waals surface area contributed by atoms with Crippen molar-refractivity contribution in [2.75, 3.05) is 23.3 Å². The predicted octanol–water partition coefficient (Wildman–Crippen LogP) is 2.92. The fourth-order valence-electron chi connectivity index (χ4n) is 2.55. The predicted molar refractivity (Wildman–Crippen MR) is 82.5 cm³/mol. The molecule has 1 aliphatic heterocycles. The zero-order chi connectivity index (χ0) is 16.4. The first-order valence-corrected chi connectivity index (χ1v) is 7.40. The molecule has 1 saturated heterocycles. The summed E-state index contributed by atoms with van der Waals surface area (Å²) in [7, 11) is 0. The van der Waals surface area contributed by atoms with Gasteiger partial charge in [-0.25, -0.2) is 18.7 Å². The Labute approximate surface area is 132 Å². The molecule has 0 aliphatic carbocycles. The number of benzene rings is 1. The number of hydrogen-bond donors (Lipinski definition) is 1. The summed E-state index contributed by atoms with van der Waals surface area (Å²) >= 11 is 0. The molecule has 1 N–H and O–H groups in total. The van der Waals surface area contributed by atoms with Crippen LogP contribution in [0.15, 0.2) is 24.3 Å². The van der Waals surface area contributed by atoms with E-state index in [1.807, 2.05) is 0 Å². The van der Waals surface area contributed by atoms with E-state index in [2.05, 4.69) is 20.2 Å². The van der Waals surface area contributed by atoms with Crippen molar-refractivity contribution in [3.05, 3.63) is 47.4 Å². The lowest BCUT2D eigenvalue weighted by Gasteiger charge is -2.17. The Morgan fingerprint density at radius 3 is 2.57 bits per heavy atom. The monoisotopic (exact) mass is 318 g/mol. The number of aromatic nitrogens is 2. The smallest absolute Gasteiger partial charge is 0.274 e. The summed E-state index contributed by atoms with van der Waals surface area (Å²) < 4.78 is 26.1. The number of nitrogens with zero attached hydrogens (tertiary/aromatic N) is 3. The van der Waals surface area contributed by atoms with Gasteiger partial charge in [0.25, 0.3) is 5.91 Å². The number of rotatable bonds is 3. The number of hydrogen-bond acceptors (Lipinski definition) is 4. The molecule has 1 fully saturated rings. The highest BCUT2D eigenvalue weighted by atomic mass is 19.2. The van der Waals surface area contributed by atoms with Gasteiger partial charge in [0.15, 0.2) is 11.6 Å². The number of carbonyl (C=O) groups excluding carboxylic acids is 1. The molecule has 1 aromatic carbocycles. The van der Waals surface area contributed by atoms with Crippen LogP contribution in [0.4, 0.5) is 20.3 Å². The molecule has 0 bridgehead atoms. The van der Waals surface area contributed by atoms with Crippen LogP contribution in [0.1, 0.15) is 29.2 Å². The Bertz CT molecular complexity index is 745. The first-order valence-electron chi connectivity index (χ1n) is 7.40. The van der Waals surface area contributed by atoms with Gasteiger partial charge in [-0.05, 0) is 31.9 Å². The summed E-state index contributed by atoms with van der Waals surface area (Å²) in [5.74, 6) is -1.26. The summed E-state index contributed by atoms with van der Waals surface area (Å²) in [5.41, 5.74) is 0.372. The molecular formula is C16H16F2N4O. The van der Waals surface area contributed by atoms with E-state index in [4.69, 9.17) is 0 Å². The Morgan fingerprint density at radius 1 is 1.13 bits per heavy atom. The van der Waals surface area contributed by atoms with E-state index in [1.54, 1.807) is 13.0 Å². The highest BCUT2D eigenvalue weighted by Crippen LogP contribution is 2.19. The molecule has 1 aliphatic rings. The first-order chi connectivity index (χ1) is 11.0. The van der Waals surface area contributed by atoms with E-state index >= 15 is 0 Å². The molecule has 0 spiro atoms. The highest BCUT2D eigenvalue weighted by molar-refractivity contribution is 6.03. The Balaban J connectivity index is 1.82. The van der Waals surface area contributed by atoms with E-state index in [9.17, 15) is 13.6 Å². The number of halogens is 2. The molecule has 7 heteroatoms. The SMILES string of the molecule is Cc1nc(C(=O)Nc2ccc(F)c(F)c2)cc(N2CCCC2)n1. The van der Waals surface area contributed by atoms with Crippen LogP contribution in [-0.4, -0.2) is 29.0 Å². The Kier molecular flexibility index (Phi) is 4.18. The molecule has 0 unspecified atom stereocenters. The molecule has 120 valence electrons. The van der Waals surface area contributed by atoms with Crippen LogP contribution in [-0.2, 0) is 0 Å². The van der Waals surface area contributed by atoms with Gasteiger partial charge in [0.1, 0.15) is 17.3 Å². The fourth-order valence-corrected chi connectivity index (χ4v) is 2.55. The van der Waals surface area contributed by atoms with Gasteiger partial charge in [0.2, 0.25) is 0 Å². The number of anilines is 2. The van der Waals surface area contributed by atoms with Crippen LogP contribution in [0.5, 0.6) is 0 Å². The summed E-state index contributed by atoms with van der Waals surface area (Å²) in [6, 6.07) is 4.81. The molecule has 1 aromatic heterocycles. The topological polar surface area (TPSA) is 58.1 Å². The lowest BCUT2D eigenvalue weighted by atomic mass is 10.2. The van der Waals surface area contributed by atoms with Gasteiger partial charge in [0.05, 0.1) is 0 Å². The lowest BCUT2D eigenvalue weighted by Crippen LogP contribution is -2.22. The molecule has 1 amide bonds. The van der Waals surface area contributed by atoms with Crippen molar-refractivity contribution in [2.24, 2.45) is 0 Å². The molecule has 0 radical (unpaired) electrons. The molecule has 23 heavy (non-hydrogen) atoms. The van der Waals surface area contributed by atoms with Crippen molar-refractivity contribution in [1.29, 1.82) is 0 Å². The summed E-state index contributed by atoms with van der Waals surface area (Å²) in [6.45, 7) is 3.52. The molecule has 0 saturated carbocycles. The van der Waals surface area contributed by atoms with Gasteiger partial charge < -0.3 is 10.2 Å². The van der Waals surface area contributed by atoms with Crippen LogP contribution in [0.25, 0.3) is 0 Å². The van der Waals surface area contributed by atoms with Gasteiger partial charge in [-0.15, -0.1) is 0 Å². The standard InChI is InChI=1S/C16H16F2N4O/c1-10-19-14(9-15(20-10)22-6-2-3-7-22)16(23)21-11-4-5-12(17)13(18)8-11/h4-5,8-9H,2-3,6-7H2,1H3,(H,21,23). The summed E-state index contributed by atoms with van der Waals surface area (Å²) in [4.78, 5) is 22.9. The van der Waals surface area contributed by atoms with E-state index in [0.29, 0.717) is 11.6 Å². The number of nitrogens with one attached hydrogen (secondary N) is 1. The summed E-state index contributed by atoms with van der Waals surface area (Å²) in [5, 5.41) is 2.52. The average Bonchev–Trinajstić information content (AvgIpc) is 3.05. The third-order valence-corrected chi connectivity index (χ3v) is 3.66. The summed E-state index contributed by atoms with van der Waals surface area (Å²) in [6.07, 6.45) is 2.19. The van der Waals surface area contributed by atoms with Gasteiger partial charge >= 0.3 is 0 Å². The van der Waals surface area contributed by atoms with Crippen LogP contribution >= 0.6 is 0 Å². The maximum absolute atomic E-state index is 13.2. The Morgan fingerprint density at radius 2 is 1.87 bits per heavy atom. The van der Waals surface area contributed by atoms with Gasteiger partial charge in [0, 0.05) is 30.9 Å². The first kappa shape index (κ1) is 15.3. The fraction of sp³-hybridized carbons (Fsp3) is 0.312. The largest absolute Gasteiger partial charge is 0.356 e. The van der Waals surface area contributed by atoms with Crippen molar-refractivity contribution in [3.63, 3.8) is 0 Å². The molecule has 2 heterocycles. The van der Waals surface area contributed by atoms with Crippen molar-refractivity contribution in [3.8, 4) is 0 Å². The minimum Gasteiger partial charge on any atom is -0.356 e. The number of aryl methyl sites for hydroxylation is 1. The van der Waals surface area contributed by atoms with Crippen molar-refractivity contribution in [1.82, 2.24) is 9.97 Å². The van der Waals surface area contributed by atoms with Crippen LogP contribution in [0.3, 0.4) is 0 Å². The molecule has 5 nitrogen and oxygen atoms in total. The van der Waals surface area contributed by atoms with Gasteiger partial charge in [-0.3, -0.25) is 4.79 Å². The van der Waals surface area contributed by atoms with Crippen LogP contribution in [0.2, 0.25) is 0 Å². The lowest BCUT2D eigenvalue weighted by molar-refractivity contribution is 0.102. The van der Waals surface area contributed by atoms with Gasteiger partial charge in [-0.1, -0.05) is 0 Å². The van der Waals surface area contributed by atoms with E-state index in [1.165, 1.54) is 6.07 Å². The molecule has 3 rings (SSSR count). The van der Waals surface area contributed by atoms with Crippen molar-refractivity contribution >= 4 is 17.4 Å². The number of carbonyl (C=O) groups is 1. The van der Waals surface area contributed by atoms with Crippen LogP contribution in [0, 0.1) is 18.6 Å². The molecule has 0 atom stereocenters.